The van der Waals surface area contributed by atoms with Crippen molar-refractivity contribution in [3.05, 3.63) is 63.9 Å². The Morgan fingerprint density at radius 1 is 1.19 bits per heavy atom. The minimum Gasteiger partial charge on any atom is -0.331 e. The number of urea groups is 1. The normalized spacial score (nSPS) is 11.8. The van der Waals surface area contributed by atoms with Gasteiger partial charge in [0, 0.05) is 10.0 Å². The van der Waals surface area contributed by atoms with E-state index in [4.69, 9.17) is 23.2 Å². The fraction of sp³-hybridized carbons (Fsp3) is 0.133. The van der Waals surface area contributed by atoms with Crippen molar-refractivity contribution in [2.24, 2.45) is 0 Å². The summed E-state index contributed by atoms with van der Waals surface area (Å²) in [6.45, 7) is 1.77. The van der Waals surface area contributed by atoms with Gasteiger partial charge in [-0.25, -0.2) is 9.18 Å². The first kappa shape index (κ1) is 15.6. The van der Waals surface area contributed by atoms with Crippen LogP contribution in [-0.2, 0) is 0 Å². The Morgan fingerprint density at radius 2 is 1.90 bits per heavy atom. The first-order valence-electron chi connectivity index (χ1n) is 6.24. The molecule has 0 aliphatic heterocycles. The SMILES string of the molecule is CC(NC(=O)Nc1ccccc1F)c1ccc(Cl)cc1Cl. The molecule has 0 aliphatic carbocycles. The molecule has 2 rings (SSSR count). The second kappa shape index (κ2) is 6.78. The lowest BCUT2D eigenvalue weighted by molar-refractivity contribution is 0.249. The van der Waals surface area contributed by atoms with Gasteiger partial charge in [-0.1, -0.05) is 41.4 Å². The maximum atomic E-state index is 13.4. The predicted molar refractivity (Wildman–Crippen MR) is 83.4 cm³/mol. The molecule has 0 spiro atoms. The number of hydrogen-bond donors (Lipinski definition) is 2. The predicted octanol–water partition coefficient (Wildman–Crippen LogP) is 5.02. The van der Waals surface area contributed by atoms with Gasteiger partial charge < -0.3 is 10.6 Å². The van der Waals surface area contributed by atoms with E-state index in [1.165, 1.54) is 12.1 Å². The minimum atomic E-state index is -0.515. The summed E-state index contributed by atoms with van der Waals surface area (Å²) in [5.41, 5.74) is 0.842. The second-order valence-corrected chi connectivity index (χ2v) is 5.31. The van der Waals surface area contributed by atoms with E-state index in [-0.39, 0.29) is 11.7 Å². The number of carbonyl (C=O) groups excluding carboxylic acids is 1. The molecule has 2 amide bonds. The van der Waals surface area contributed by atoms with Crippen molar-refractivity contribution in [3.8, 4) is 0 Å². The van der Waals surface area contributed by atoms with Crippen LogP contribution < -0.4 is 10.6 Å². The number of para-hydroxylation sites is 1. The molecule has 0 aromatic heterocycles. The fourth-order valence-electron chi connectivity index (χ4n) is 1.85. The van der Waals surface area contributed by atoms with Gasteiger partial charge in [0.1, 0.15) is 5.82 Å². The number of benzene rings is 2. The first-order valence-corrected chi connectivity index (χ1v) is 7.00. The van der Waals surface area contributed by atoms with Crippen molar-refractivity contribution in [1.82, 2.24) is 5.32 Å². The molecule has 1 atom stereocenters. The highest BCUT2D eigenvalue weighted by atomic mass is 35.5. The second-order valence-electron chi connectivity index (χ2n) is 4.47. The molecular formula is C15H13Cl2FN2O. The van der Waals surface area contributed by atoms with Crippen LogP contribution >= 0.6 is 23.2 Å². The average molecular weight is 327 g/mol. The van der Waals surface area contributed by atoms with E-state index in [1.807, 2.05) is 0 Å². The molecule has 1 unspecified atom stereocenters. The van der Waals surface area contributed by atoms with Crippen molar-refractivity contribution >= 4 is 34.9 Å². The molecule has 21 heavy (non-hydrogen) atoms. The van der Waals surface area contributed by atoms with Crippen LogP contribution in [0.3, 0.4) is 0 Å². The van der Waals surface area contributed by atoms with Crippen LogP contribution in [0.25, 0.3) is 0 Å². The van der Waals surface area contributed by atoms with Crippen LogP contribution in [0.5, 0.6) is 0 Å². The van der Waals surface area contributed by atoms with Crippen LogP contribution in [0.1, 0.15) is 18.5 Å². The lowest BCUT2D eigenvalue weighted by Crippen LogP contribution is -2.31. The summed E-state index contributed by atoms with van der Waals surface area (Å²) in [7, 11) is 0. The first-order chi connectivity index (χ1) is 9.97. The summed E-state index contributed by atoms with van der Waals surface area (Å²) >= 11 is 11.9. The molecule has 0 fully saturated rings. The third kappa shape index (κ3) is 4.09. The monoisotopic (exact) mass is 326 g/mol. The molecule has 0 aliphatic rings. The lowest BCUT2D eigenvalue weighted by atomic mass is 10.1. The number of anilines is 1. The summed E-state index contributed by atoms with van der Waals surface area (Å²) in [5, 5.41) is 6.12. The maximum absolute atomic E-state index is 13.4. The Hall–Kier alpha value is -1.78. The summed E-state index contributed by atoms with van der Waals surface area (Å²) in [6, 6.07) is 10.1. The molecule has 2 aromatic carbocycles. The summed E-state index contributed by atoms with van der Waals surface area (Å²) in [4.78, 5) is 11.9. The zero-order valence-corrected chi connectivity index (χ0v) is 12.7. The van der Waals surface area contributed by atoms with E-state index >= 15 is 0 Å². The van der Waals surface area contributed by atoms with Crippen molar-refractivity contribution in [2.45, 2.75) is 13.0 Å². The standard InChI is InChI=1S/C15H13Cl2FN2O/c1-9(11-7-6-10(16)8-12(11)17)19-15(21)20-14-5-3-2-4-13(14)18/h2-9H,1H3,(H2,19,20,21). The Bertz CT molecular complexity index is 664. The van der Waals surface area contributed by atoms with Gasteiger partial charge in [-0.15, -0.1) is 0 Å². The van der Waals surface area contributed by atoms with E-state index in [9.17, 15) is 9.18 Å². The van der Waals surface area contributed by atoms with Crippen LogP contribution in [0.2, 0.25) is 10.0 Å². The van der Waals surface area contributed by atoms with E-state index in [0.717, 1.165) is 5.56 Å². The summed E-state index contributed by atoms with van der Waals surface area (Å²) in [6.07, 6.45) is 0. The van der Waals surface area contributed by atoms with Gasteiger partial charge in [0.15, 0.2) is 0 Å². The molecule has 2 aromatic rings. The van der Waals surface area contributed by atoms with Crippen molar-refractivity contribution in [2.75, 3.05) is 5.32 Å². The zero-order valence-electron chi connectivity index (χ0n) is 11.2. The molecule has 0 heterocycles. The van der Waals surface area contributed by atoms with Crippen LogP contribution in [-0.4, -0.2) is 6.03 Å². The van der Waals surface area contributed by atoms with E-state index in [2.05, 4.69) is 10.6 Å². The quantitative estimate of drug-likeness (QED) is 0.817. The van der Waals surface area contributed by atoms with Gasteiger partial charge in [-0.3, -0.25) is 0 Å². The lowest BCUT2D eigenvalue weighted by Gasteiger charge is -2.16. The highest BCUT2D eigenvalue weighted by Gasteiger charge is 2.13. The summed E-state index contributed by atoms with van der Waals surface area (Å²) < 4.78 is 13.4. The highest BCUT2D eigenvalue weighted by Crippen LogP contribution is 2.26. The number of amides is 2. The molecule has 6 heteroatoms. The third-order valence-corrected chi connectivity index (χ3v) is 3.46. The molecular weight excluding hydrogens is 314 g/mol. The van der Waals surface area contributed by atoms with Gasteiger partial charge in [0.2, 0.25) is 0 Å². The highest BCUT2D eigenvalue weighted by molar-refractivity contribution is 6.35. The molecule has 110 valence electrons. The topological polar surface area (TPSA) is 41.1 Å². The van der Waals surface area contributed by atoms with Crippen LogP contribution in [0.15, 0.2) is 42.5 Å². The minimum absolute atomic E-state index is 0.115. The van der Waals surface area contributed by atoms with Gasteiger partial charge >= 0.3 is 6.03 Å². The third-order valence-electron chi connectivity index (χ3n) is 2.90. The van der Waals surface area contributed by atoms with Crippen LogP contribution in [0, 0.1) is 5.82 Å². The largest absolute Gasteiger partial charge is 0.331 e. The number of nitrogens with one attached hydrogen (secondary N) is 2. The number of carbonyl (C=O) groups is 1. The van der Waals surface area contributed by atoms with E-state index in [1.54, 1.807) is 37.3 Å². The van der Waals surface area contributed by atoms with Crippen LogP contribution in [0.4, 0.5) is 14.9 Å². The van der Waals surface area contributed by atoms with E-state index < -0.39 is 11.8 Å². The number of halogens is 3. The number of rotatable bonds is 3. The molecule has 0 radical (unpaired) electrons. The molecule has 2 N–H and O–H groups in total. The molecule has 0 saturated heterocycles. The molecule has 0 saturated carbocycles. The average Bonchev–Trinajstić information content (AvgIpc) is 2.41. The maximum Gasteiger partial charge on any atom is 0.319 e. The molecule has 0 bridgehead atoms. The van der Waals surface area contributed by atoms with Gasteiger partial charge in [0.25, 0.3) is 0 Å². The smallest absolute Gasteiger partial charge is 0.319 e. The summed E-state index contributed by atoms with van der Waals surface area (Å²) in [5.74, 6) is -0.496. The Labute approximate surface area is 132 Å². The Kier molecular flexibility index (Phi) is 5.04. The van der Waals surface area contributed by atoms with Crippen molar-refractivity contribution in [3.63, 3.8) is 0 Å². The van der Waals surface area contributed by atoms with Gasteiger partial charge in [0.05, 0.1) is 11.7 Å². The van der Waals surface area contributed by atoms with Gasteiger partial charge in [-0.2, -0.15) is 0 Å². The fourth-order valence-corrected chi connectivity index (χ4v) is 2.42. The van der Waals surface area contributed by atoms with Crippen molar-refractivity contribution in [1.29, 1.82) is 0 Å². The van der Waals surface area contributed by atoms with E-state index in [0.29, 0.717) is 10.0 Å². The molecule has 3 nitrogen and oxygen atoms in total. The Balaban J connectivity index is 2.04. The van der Waals surface area contributed by atoms with Gasteiger partial charge in [-0.05, 0) is 36.8 Å². The Morgan fingerprint density at radius 3 is 2.57 bits per heavy atom. The number of hydrogen-bond acceptors (Lipinski definition) is 1. The zero-order chi connectivity index (χ0) is 15.4. The van der Waals surface area contributed by atoms with Crippen molar-refractivity contribution < 1.29 is 9.18 Å².